The van der Waals surface area contributed by atoms with Crippen molar-refractivity contribution in [1.82, 2.24) is 14.9 Å². The third-order valence-corrected chi connectivity index (χ3v) is 3.89. The molecule has 0 radical (unpaired) electrons. The molecule has 0 bridgehead atoms. The maximum Gasteiger partial charge on any atom is 0.208 e. The first-order chi connectivity index (χ1) is 10.3. The van der Waals surface area contributed by atoms with Crippen LogP contribution in [0.15, 0.2) is 29.3 Å². The van der Waals surface area contributed by atoms with Gasteiger partial charge in [-0.25, -0.2) is 13.1 Å². The summed E-state index contributed by atoms with van der Waals surface area (Å²) in [4.78, 5) is 6.21. The number of nitrogens with one attached hydrogen (secondary N) is 2. The van der Waals surface area contributed by atoms with E-state index >= 15 is 0 Å². The average molecular weight is 347 g/mol. The van der Waals surface area contributed by atoms with Crippen molar-refractivity contribution in [2.75, 3.05) is 33.4 Å². The lowest BCUT2D eigenvalue weighted by Crippen LogP contribution is -2.39. The SMILES string of the molecule is CN=C(NCCCNS(C)(=O)=O)N(C)Cc1ccc(Cl)cc1. The van der Waals surface area contributed by atoms with Gasteiger partial charge in [0.2, 0.25) is 10.0 Å². The van der Waals surface area contributed by atoms with Gasteiger partial charge in [0, 0.05) is 38.8 Å². The molecular weight excluding hydrogens is 324 g/mol. The van der Waals surface area contributed by atoms with Crippen LogP contribution in [0.4, 0.5) is 0 Å². The van der Waals surface area contributed by atoms with E-state index in [4.69, 9.17) is 11.6 Å². The minimum atomic E-state index is -3.12. The Balaban J connectivity index is 2.38. The van der Waals surface area contributed by atoms with E-state index in [2.05, 4.69) is 15.0 Å². The first-order valence-corrected chi connectivity index (χ1v) is 9.19. The average Bonchev–Trinajstić information content (AvgIpc) is 2.44. The molecule has 6 nitrogen and oxygen atoms in total. The number of sulfonamides is 1. The summed E-state index contributed by atoms with van der Waals surface area (Å²) >= 11 is 5.87. The first kappa shape index (κ1) is 18.7. The Labute approximate surface area is 137 Å². The molecule has 1 aromatic carbocycles. The summed E-state index contributed by atoms with van der Waals surface area (Å²) in [5.41, 5.74) is 1.13. The smallest absolute Gasteiger partial charge is 0.208 e. The van der Waals surface area contributed by atoms with E-state index in [-0.39, 0.29) is 0 Å². The van der Waals surface area contributed by atoms with Crippen molar-refractivity contribution in [3.05, 3.63) is 34.9 Å². The normalized spacial score (nSPS) is 12.3. The van der Waals surface area contributed by atoms with E-state index in [1.165, 1.54) is 0 Å². The van der Waals surface area contributed by atoms with E-state index in [1.54, 1.807) is 7.05 Å². The van der Waals surface area contributed by atoms with Gasteiger partial charge in [0.15, 0.2) is 5.96 Å². The van der Waals surface area contributed by atoms with E-state index < -0.39 is 10.0 Å². The van der Waals surface area contributed by atoms with Gasteiger partial charge in [0.05, 0.1) is 6.26 Å². The monoisotopic (exact) mass is 346 g/mol. The Bertz CT molecular complexity index is 587. The van der Waals surface area contributed by atoms with Crippen molar-refractivity contribution in [2.24, 2.45) is 4.99 Å². The molecule has 0 heterocycles. The van der Waals surface area contributed by atoms with Crippen LogP contribution >= 0.6 is 11.6 Å². The molecule has 0 fully saturated rings. The summed E-state index contributed by atoms with van der Waals surface area (Å²) in [6, 6.07) is 7.67. The summed E-state index contributed by atoms with van der Waals surface area (Å²) in [5, 5.41) is 3.92. The largest absolute Gasteiger partial charge is 0.356 e. The van der Waals surface area contributed by atoms with Gasteiger partial charge in [0.1, 0.15) is 0 Å². The Kier molecular flexibility index (Phi) is 7.64. The summed E-state index contributed by atoms with van der Waals surface area (Å²) < 4.78 is 24.3. The zero-order chi connectivity index (χ0) is 16.6. The molecule has 0 aliphatic heterocycles. The maximum atomic E-state index is 10.9. The topological polar surface area (TPSA) is 73.8 Å². The second-order valence-electron chi connectivity index (χ2n) is 4.98. The molecule has 0 atom stereocenters. The second kappa shape index (κ2) is 8.97. The highest BCUT2D eigenvalue weighted by Crippen LogP contribution is 2.10. The number of rotatable bonds is 7. The molecule has 0 unspecified atom stereocenters. The highest BCUT2D eigenvalue weighted by atomic mass is 35.5. The van der Waals surface area contributed by atoms with E-state index in [9.17, 15) is 8.42 Å². The van der Waals surface area contributed by atoms with Gasteiger partial charge >= 0.3 is 0 Å². The highest BCUT2D eigenvalue weighted by molar-refractivity contribution is 7.88. The van der Waals surface area contributed by atoms with Gasteiger partial charge in [-0.1, -0.05) is 23.7 Å². The molecule has 0 aliphatic rings. The summed E-state index contributed by atoms with van der Waals surface area (Å²) in [7, 11) is 0.541. The fraction of sp³-hybridized carbons (Fsp3) is 0.500. The summed E-state index contributed by atoms with van der Waals surface area (Å²) in [5.74, 6) is 0.759. The number of hydrogen-bond acceptors (Lipinski definition) is 3. The van der Waals surface area contributed by atoms with Crippen molar-refractivity contribution in [1.29, 1.82) is 0 Å². The lowest BCUT2D eigenvalue weighted by molar-refractivity contribution is 0.475. The van der Waals surface area contributed by atoms with Crippen LogP contribution in [0.5, 0.6) is 0 Å². The van der Waals surface area contributed by atoms with Crippen molar-refractivity contribution < 1.29 is 8.42 Å². The Hall–Kier alpha value is -1.31. The van der Waals surface area contributed by atoms with Crippen LogP contribution in [-0.4, -0.2) is 52.7 Å². The molecular formula is C14H23ClN4O2S. The third-order valence-electron chi connectivity index (χ3n) is 2.91. The molecule has 0 saturated carbocycles. The molecule has 0 aromatic heterocycles. The van der Waals surface area contributed by atoms with E-state index in [0.717, 1.165) is 17.8 Å². The van der Waals surface area contributed by atoms with Gasteiger partial charge in [-0.05, 0) is 24.1 Å². The molecule has 2 N–H and O–H groups in total. The molecule has 1 rings (SSSR count). The molecule has 8 heteroatoms. The van der Waals surface area contributed by atoms with Gasteiger partial charge in [-0.15, -0.1) is 0 Å². The van der Waals surface area contributed by atoms with Crippen LogP contribution in [0.25, 0.3) is 0 Å². The Morgan fingerprint density at radius 1 is 1.27 bits per heavy atom. The van der Waals surface area contributed by atoms with Gasteiger partial charge in [0.25, 0.3) is 0 Å². The zero-order valence-corrected chi connectivity index (χ0v) is 14.7. The predicted octanol–water partition coefficient (Wildman–Crippen LogP) is 1.29. The molecule has 0 saturated heterocycles. The quantitative estimate of drug-likeness (QED) is 0.443. The first-order valence-electron chi connectivity index (χ1n) is 6.92. The number of nitrogens with zero attached hydrogens (tertiary/aromatic N) is 2. The van der Waals surface area contributed by atoms with Crippen molar-refractivity contribution in [3.63, 3.8) is 0 Å². The van der Waals surface area contributed by atoms with E-state index in [1.807, 2.05) is 36.2 Å². The van der Waals surface area contributed by atoms with Gasteiger partial charge < -0.3 is 10.2 Å². The molecule has 124 valence electrons. The van der Waals surface area contributed by atoms with Crippen molar-refractivity contribution in [2.45, 2.75) is 13.0 Å². The number of aliphatic imine (C=N–C) groups is 1. The minimum Gasteiger partial charge on any atom is -0.356 e. The van der Waals surface area contributed by atoms with Crippen LogP contribution in [0.1, 0.15) is 12.0 Å². The lowest BCUT2D eigenvalue weighted by Gasteiger charge is -2.22. The van der Waals surface area contributed by atoms with Crippen LogP contribution in [-0.2, 0) is 16.6 Å². The molecule has 0 amide bonds. The highest BCUT2D eigenvalue weighted by Gasteiger charge is 2.06. The Morgan fingerprint density at radius 3 is 2.45 bits per heavy atom. The van der Waals surface area contributed by atoms with Gasteiger partial charge in [-0.2, -0.15) is 0 Å². The van der Waals surface area contributed by atoms with E-state index in [0.29, 0.717) is 31.1 Å². The summed E-state index contributed by atoms with van der Waals surface area (Å²) in [6.07, 6.45) is 1.83. The Morgan fingerprint density at radius 2 is 1.91 bits per heavy atom. The molecule has 22 heavy (non-hydrogen) atoms. The van der Waals surface area contributed by atoms with Crippen molar-refractivity contribution in [3.8, 4) is 0 Å². The minimum absolute atomic E-state index is 0.406. The molecule has 0 aliphatic carbocycles. The number of hydrogen-bond donors (Lipinski definition) is 2. The number of guanidine groups is 1. The van der Waals surface area contributed by atoms with Crippen LogP contribution < -0.4 is 10.0 Å². The number of halogens is 1. The molecule has 1 aromatic rings. The predicted molar refractivity (Wildman–Crippen MR) is 91.7 cm³/mol. The van der Waals surface area contributed by atoms with Gasteiger partial charge in [-0.3, -0.25) is 4.99 Å². The summed E-state index contributed by atoms with van der Waals surface area (Å²) in [6.45, 7) is 1.75. The zero-order valence-electron chi connectivity index (χ0n) is 13.1. The van der Waals surface area contributed by atoms with Crippen LogP contribution in [0.2, 0.25) is 5.02 Å². The second-order valence-corrected chi connectivity index (χ2v) is 7.25. The van der Waals surface area contributed by atoms with Crippen molar-refractivity contribution >= 4 is 27.6 Å². The van der Waals surface area contributed by atoms with Crippen LogP contribution in [0, 0.1) is 0 Å². The standard InChI is InChI=1S/C14H23ClN4O2S/c1-16-14(17-9-4-10-18-22(3,20)21)19(2)11-12-5-7-13(15)8-6-12/h5-8,18H,4,9-11H2,1-3H3,(H,16,17). The molecule has 0 spiro atoms. The maximum absolute atomic E-state index is 10.9. The fourth-order valence-corrected chi connectivity index (χ4v) is 2.51. The van der Waals surface area contributed by atoms with Crippen LogP contribution in [0.3, 0.4) is 0 Å². The fourth-order valence-electron chi connectivity index (χ4n) is 1.87. The lowest BCUT2D eigenvalue weighted by atomic mass is 10.2. The number of benzene rings is 1. The third kappa shape index (κ3) is 7.63.